The number of para-hydroxylation sites is 1. The molecule has 2 aromatic rings. The van der Waals surface area contributed by atoms with E-state index in [1.54, 1.807) is 42.5 Å². The molecule has 0 aliphatic carbocycles. The van der Waals surface area contributed by atoms with E-state index < -0.39 is 5.97 Å². The molecule has 0 heterocycles. The Bertz CT molecular complexity index is 553. The van der Waals surface area contributed by atoms with E-state index in [1.165, 1.54) is 0 Å². The third-order valence-electron chi connectivity index (χ3n) is 2.32. The topological polar surface area (TPSA) is 75.3 Å². The van der Waals surface area contributed by atoms with Crippen LogP contribution in [-0.2, 0) is 0 Å². The standard InChI is InChI=1S/C13H12N2O2/c14-9-4-3-5-10(8-9)15-12-7-2-1-6-11(12)13(16)17/h1-8,15H,14H2,(H,16,17). The minimum Gasteiger partial charge on any atom is -0.478 e. The fraction of sp³-hybridized carbons (Fsp3) is 0. The molecular weight excluding hydrogens is 216 g/mol. The molecule has 2 aromatic carbocycles. The van der Waals surface area contributed by atoms with Crippen molar-refractivity contribution >= 4 is 23.0 Å². The van der Waals surface area contributed by atoms with Gasteiger partial charge in [0.05, 0.1) is 11.3 Å². The van der Waals surface area contributed by atoms with Crippen molar-refractivity contribution in [3.05, 3.63) is 54.1 Å². The van der Waals surface area contributed by atoms with Crippen LogP contribution in [-0.4, -0.2) is 11.1 Å². The summed E-state index contributed by atoms with van der Waals surface area (Å²) in [5, 5.41) is 12.1. The maximum absolute atomic E-state index is 11.0. The fourth-order valence-electron chi connectivity index (χ4n) is 1.55. The number of nitrogen functional groups attached to an aromatic ring is 1. The molecule has 0 fully saturated rings. The summed E-state index contributed by atoms with van der Waals surface area (Å²) in [5.74, 6) is -0.961. The van der Waals surface area contributed by atoms with E-state index in [-0.39, 0.29) is 5.56 Å². The van der Waals surface area contributed by atoms with Crippen LogP contribution < -0.4 is 11.1 Å². The number of benzene rings is 2. The Labute approximate surface area is 98.7 Å². The number of rotatable bonds is 3. The molecule has 0 bridgehead atoms. The van der Waals surface area contributed by atoms with Crippen molar-refractivity contribution in [3.63, 3.8) is 0 Å². The van der Waals surface area contributed by atoms with Crippen LogP contribution in [0.5, 0.6) is 0 Å². The molecule has 0 atom stereocenters. The van der Waals surface area contributed by atoms with Crippen molar-refractivity contribution in [3.8, 4) is 0 Å². The predicted molar refractivity (Wildman–Crippen MR) is 67.5 cm³/mol. The molecule has 2 rings (SSSR count). The molecule has 86 valence electrons. The van der Waals surface area contributed by atoms with Gasteiger partial charge in [0.25, 0.3) is 0 Å². The number of carboxylic acid groups (broad SMARTS) is 1. The zero-order chi connectivity index (χ0) is 12.3. The molecular formula is C13H12N2O2. The number of aromatic carboxylic acids is 1. The van der Waals surface area contributed by atoms with Crippen LogP contribution in [0.15, 0.2) is 48.5 Å². The first-order valence-electron chi connectivity index (χ1n) is 5.12. The average molecular weight is 228 g/mol. The van der Waals surface area contributed by atoms with Crippen LogP contribution in [0.25, 0.3) is 0 Å². The van der Waals surface area contributed by atoms with E-state index in [0.29, 0.717) is 11.4 Å². The second-order valence-electron chi connectivity index (χ2n) is 3.60. The van der Waals surface area contributed by atoms with E-state index in [4.69, 9.17) is 10.8 Å². The predicted octanol–water partition coefficient (Wildman–Crippen LogP) is 2.71. The number of carboxylic acids is 1. The van der Waals surface area contributed by atoms with Gasteiger partial charge in [0.15, 0.2) is 0 Å². The van der Waals surface area contributed by atoms with Crippen LogP contribution in [0.2, 0.25) is 0 Å². The highest BCUT2D eigenvalue weighted by molar-refractivity contribution is 5.95. The van der Waals surface area contributed by atoms with Crippen LogP contribution in [0, 0.1) is 0 Å². The maximum atomic E-state index is 11.0. The van der Waals surface area contributed by atoms with Crippen molar-refractivity contribution in [1.82, 2.24) is 0 Å². The summed E-state index contributed by atoms with van der Waals surface area (Å²) < 4.78 is 0. The zero-order valence-corrected chi connectivity index (χ0v) is 9.05. The van der Waals surface area contributed by atoms with Gasteiger partial charge in [-0.3, -0.25) is 0 Å². The Morgan fingerprint density at radius 2 is 1.88 bits per heavy atom. The van der Waals surface area contributed by atoms with Gasteiger partial charge in [-0.2, -0.15) is 0 Å². The molecule has 4 nitrogen and oxygen atoms in total. The van der Waals surface area contributed by atoms with Gasteiger partial charge in [-0.25, -0.2) is 4.79 Å². The molecule has 17 heavy (non-hydrogen) atoms. The first-order chi connectivity index (χ1) is 8.16. The van der Waals surface area contributed by atoms with E-state index in [0.717, 1.165) is 5.69 Å². The summed E-state index contributed by atoms with van der Waals surface area (Å²) in [6.07, 6.45) is 0. The van der Waals surface area contributed by atoms with Crippen molar-refractivity contribution in [2.75, 3.05) is 11.1 Å². The number of anilines is 3. The Kier molecular flexibility index (Phi) is 2.96. The summed E-state index contributed by atoms with van der Waals surface area (Å²) in [4.78, 5) is 11.0. The molecule has 0 aliphatic heterocycles. The van der Waals surface area contributed by atoms with E-state index in [2.05, 4.69) is 5.32 Å². The molecule has 4 heteroatoms. The summed E-state index contributed by atoms with van der Waals surface area (Å²) >= 11 is 0. The maximum Gasteiger partial charge on any atom is 0.337 e. The van der Waals surface area contributed by atoms with Gasteiger partial charge in [-0.05, 0) is 30.3 Å². The van der Waals surface area contributed by atoms with Gasteiger partial charge < -0.3 is 16.2 Å². The van der Waals surface area contributed by atoms with Gasteiger partial charge in [0.1, 0.15) is 0 Å². The highest BCUT2D eigenvalue weighted by Crippen LogP contribution is 2.22. The van der Waals surface area contributed by atoms with Gasteiger partial charge in [-0.15, -0.1) is 0 Å². The van der Waals surface area contributed by atoms with Crippen LogP contribution in [0.1, 0.15) is 10.4 Å². The summed E-state index contributed by atoms with van der Waals surface area (Å²) in [6, 6.07) is 13.9. The smallest absolute Gasteiger partial charge is 0.337 e. The van der Waals surface area contributed by atoms with Crippen LogP contribution in [0.4, 0.5) is 17.1 Å². The van der Waals surface area contributed by atoms with E-state index in [9.17, 15) is 4.79 Å². The molecule has 0 unspecified atom stereocenters. The fourth-order valence-corrected chi connectivity index (χ4v) is 1.55. The first kappa shape index (κ1) is 11.0. The number of nitrogens with two attached hydrogens (primary N) is 1. The Hall–Kier alpha value is -2.49. The first-order valence-corrected chi connectivity index (χ1v) is 5.12. The molecule has 0 amide bonds. The zero-order valence-electron chi connectivity index (χ0n) is 9.05. The number of hydrogen-bond acceptors (Lipinski definition) is 3. The quantitative estimate of drug-likeness (QED) is 0.706. The number of carbonyl (C=O) groups is 1. The average Bonchev–Trinajstić information content (AvgIpc) is 2.29. The normalized spacial score (nSPS) is 9.88. The van der Waals surface area contributed by atoms with Gasteiger partial charge in [0.2, 0.25) is 0 Å². The number of hydrogen-bond donors (Lipinski definition) is 3. The highest BCUT2D eigenvalue weighted by atomic mass is 16.4. The lowest BCUT2D eigenvalue weighted by Gasteiger charge is -2.09. The SMILES string of the molecule is Nc1cccc(Nc2ccccc2C(=O)O)c1. The summed E-state index contributed by atoms with van der Waals surface area (Å²) in [6.45, 7) is 0. The lowest BCUT2D eigenvalue weighted by atomic mass is 10.1. The van der Waals surface area contributed by atoms with Gasteiger partial charge in [0, 0.05) is 11.4 Å². The van der Waals surface area contributed by atoms with Crippen LogP contribution >= 0.6 is 0 Å². The molecule has 4 N–H and O–H groups in total. The highest BCUT2D eigenvalue weighted by Gasteiger charge is 2.08. The van der Waals surface area contributed by atoms with E-state index in [1.807, 2.05) is 6.07 Å². The molecule has 0 radical (unpaired) electrons. The number of nitrogens with one attached hydrogen (secondary N) is 1. The monoisotopic (exact) mass is 228 g/mol. The Balaban J connectivity index is 2.33. The van der Waals surface area contributed by atoms with Crippen molar-refractivity contribution in [2.45, 2.75) is 0 Å². The minimum atomic E-state index is -0.961. The molecule has 0 spiro atoms. The molecule has 0 aliphatic rings. The van der Waals surface area contributed by atoms with Crippen molar-refractivity contribution < 1.29 is 9.90 Å². The van der Waals surface area contributed by atoms with Crippen molar-refractivity contribution in [1.29, 1.82) is 0 Å². The largest absolute Gasteiger partial charge is 0.478 e. The lowest BCUT2D eigenvalue weighted by molar-refractivity contribution is 0.0698. The molecule has 0 saturated heterocycles. The Morgan fingerprint density at radius 3 is 2.59 bits per heavy atom. The summed E-state index contributed by atoms with van der Waals surface area (Å²) in [7, 11) is 0. The lowest BCUT2D eigenvalue weighted by Crippen LogP contribution is -2.02. The molecule has 0 aromatic heterocycles. The molecule has 0 saturated carbocycles. The van der Waals surface area contributed by atoms with E-state index >= 15 is 0 Å². The Morgan fingerprint density at radius 1 is 1.12 bits per heavy atom. The second kappa shape index (κ2) is 4.57. The van der Waals surface area contributed by atoms with Crippen LogP contribution in [0.3, 0.4) is 0 Å². The minimum absolute atomic E-state index is 0.231. The van der Waals surface area contributed by atoms with Crippen molar-refractivity contribution in [2.24, 2.45) is 0 Å². The second-order valence-corrected chi connectivity index (χ2v) is 3.60. The third kappa shape index (κ3) is 2.55. The summed E-state index contributed by atoms with van der Waals surface area (Å²) in [5.41, 5.74) is 7.82. The van der Waals surface area contributed by atoms with Gasteiger partial charge in [-0.1, -0.05) is 18.2 Å². The third-order valence-corrected chi connectivity index (χ3v) is 2.32. The van der Waals surface area contributed by atoms with Gasteiger partial charge >= 0.3 is 5.97 Å².